The van der Waals surface area contributed by atoms with Gasteiger partial charge in [-0.3, -0.25) is 10.1 Å². The lowest BCUT2D eigenvalue weighted by Crippen LogP contribution is -2.59. The molecule has 1 spiro atoms. The van der Waals surface area contributed by atoms with Crippen LogP contribution in [-0.2, 0) is 4.79 Å². The lowest BCUT2D eigenvalue weighted by atomic mass is 9.72. The van der Waals surface area contributed by atoms with Crippen molar-refractivity contribution in [1.82, 2.24) is 10.2 Å². The van der Waals surface area contributed by atoms with Crippen molar-refractivity contribution < 1.29 is 4.79 Å². The van der Waals surface area contributed by atoms with Crippen LogP contribution in [0.4, 0.5) is 0 Å². The van der Waals surface area contributed by atoms with Gasteiger partial charge in [-0.15, -0.1) is 0 Å². The number of hydrogen-bond donors (Lipinski definition) is 1. The molecule has 3 rings (SSSR count). The molecule has 2 fully saturated rings. The van der Waals surface area contributed by atoms with Gasteiger partial charge in [0.15, 0.2) is 5.92 Å². The second-order valence-electron chi connectivity index (χ2n) is 7.50. The molecule has 2 heterocycles. The summed E-state index contributed by atoms with van der Waals surface area (Å²) in [6.45, 7) is 6.39. The monoisotopic (exact) mass is 302 g/mol. The van der Waals surface area contributed by atoms with Crippen molar-refractivity contribution in [3.05, 3.63) is 0 Å². The molecule has 2 aliphatic heterocycles. The molecule has 22 heavy (non-hydrogen) atoms. The van der Waals surface area contributed by atoms with E-state index in [9.17, 15) is 10.1 Å². The lowest BCUT2D eigenvalue weighted by molar-refractivity contribution is -0.125. The summed E-state index contributed by atoms with van der Waals surface area (Å²) >= 11 is 0. The van der Waals surface area contributed by atoms with E-state index in [1.807, 2.05) is 0 Å². The minimum atomic E-state index is -0.629. The molecule has 5 heteroatoms. The van der Waals surface area contributed by atoms with Crippen LogP contribution in [-0.4, -0.2) is 35.4 Å². The second kappa shape index (κ2) is 5.91. The maximum atomic E-state index is 12.5. The summed E-state index contributed by atoms with van der Waals surface area (Å²) < 4.78 is 0. The number of piperidine rings is 1. The minimum absolute atomic E-state index is 0.153. The van der Waals surface area contributed by atoms with E-state index in [-0.39, 0.29) is 5.91 Å². The standard InChI is InChI=1S/C17H26N4O/c1-12-8-13(2)11-21(10-12)16-19-15(22)14(9-18)17(20-16)6-4-3-5-7-17/h12-14H,3-8,10-11H2,1-2H3,(H,19,20,22)/t12-,13-,14+/m1/s1. The Hall–Kier alpha value is -1.57. The number of rotatable bonds is 0. The maximum absolute atomic E-state index is 12.5. The normalized spacial score (nSPS) is 34.8. The number of hydrogen-bond acceptors (Lipinski definition) is 4. The molecule has 0 bridgehead atoms. The number of guanidine groups is 1. The molecule has 3 aliphatic rings. The van der Waals surface area contributed by atoms with Crippen molar-refractivity contribution in [3.63, 3.8) is 0 Å². The Labute approximate surface area is 132 Å². The van der Waals surface area contributed by atoms with E-state index in [1.54, 1.807) is 0 Å². The van der Waals surface area contributed by atoms with Crippen LogP contribution in [0.5, 0.6) is 0 Å². The van der Waals surface area contributed by atoms with Crippen LogP contribution in [0.15, 0.2) is 4.99 Å². The largest absolute Gasteiger partial charge is 0.342 e. The van der Waals surface area contributed by atoms with E-state index in [0.717, 1.165) is 44.7 Å². The van der Waals surface area contributed by atoms with Gasteiger partial charge in [0, 0.05) is 13.1 Å². The molecule has 120 valence electrons. The first kappa shape index (κ1) is 15.3. The molecule has 0 unspecified atom stereocenters. The van der Waals surface area contributed by atoms with E-state index in [2.05, 4.69) is 30.1 Å². The third-order valence-electron chi connectivity index (χ3n) is 5.38. The number of amides is 1. The third kappa shape index (κ3) is 2.71. The summed E-state index contributed by atoms with van der Waals surface area (Å²) in [6.07, 6.45) is 6.26. The van der Waals surface area contributed by atoms with Gasteiger partial charge in [-0.1, -0.05) is 33.1 Å². The van der Waals surface area contributed by atoms with Crippen LogP contribution >= 0.6 is 0 Å². The third-order valence-corrected chi connectivity index (χ3v) is 5.38. The van der Waals surface area contributed by atoms with Crippen LogP contribution in [0.25, 0.3) is 0 Å². The van der Waals surface area contributed by atoms with Gasteiger partial charge in [0.1, 0.15) is 0 Å². The van der Waals surface area contributed by atoms with Crippen molar-refractivity contribution in [2.24, 2.45) is 22.7 Å². The van der Waals surface area contributed by atoms with Gasteiger partial charge < -0.3 is 4.90 Å². The summed E-state index contributed by atoms with van der Waals surface area (Å²) in [5.74, 6) is 1.16. The summed E-state index contributed by atoms with van der Waals surface area (Å²) in [6, 6.07) is 2.22. The quantitative estimate of drug-likeness (QED) is 0.746. The van der Waals surface area contributed by atoms with Crippen LogP contribution in [0.3, 0.4) is 0 Å². The molecule has 0 aromatic heterocycles. The van der Waals surface area contributed by atoms with E-state index in [4.69, 9.17) is 4.99 Å². The van der Waals surface area contributed by atoms with Crippen molar-refractivity contribution in [2.75, 3.05) is 13.1 Å². The highest BCUT2D eigenvalue weighted by atomic mass is 16.2. The van der Waals surface area contributed by atoms with Gasteiger partial charge in [-0.05, 0) is 31.1 Å². The zero-order chi connectivity index (χ0) is 15.7. The first-order valence-electron chi connectivity index (χ1n) is 8.59. The van der Waals surface area contributed by atoms with Crippen LogP contribution in [0.1, 0.15) is 52.4 Å². The highest BCUT2D eigenvalue weighted by molar-refractivity contribution is 6.02. The number of aliphatic imine (C=N–C) groups is 1. The predicted octanol–water partition coefficient (Wildman–Crippen LogP) is 2.29. The average molecular weight is 302 g/mol. The minimum Gasteiger partial charge on any atom is -0.342 e. The SMILES string of the molecule is C[C@@H]1C[C@@H](C)CN(C2=NC3(CCCCC3)[C@@H](C#N)C(=O)N2)C1. The molecular weight excluding hydrogens is 276 g/mol. The van der Waals surface area contributed by atoms with Crippen LogP contribution in [0, 0.1) is 29.1 Å². The smallest absolute Gasteiger partial charge is 0.246 e. The Morgan fingerprint density at radius 3 is 2.45 bits per heavy atom. The fourth-order valence-corrected chi connectivity index (χ4v) is 4.46. The van der Waals surface area contributed by atoms with Gasteiger partial charge >= 0.3 is 0 Å². The van der Waals surface area contributed by atoms with E-state index in [1.165, 1.54) is 12.8 Å². The van der Waals surface area contributed by atoms with Gasteiger partial charge in [0.05, 0.1) is 11.6 Å². The number of carbonyl (C=O) groups is 1. The molecule has 1 saturated heterocycles. The number of nitrogens with zero attached hydrogens (tertiary/aromatic N) is 3. The second-order valence-corrected chi connectivity index (χ2v) is 7.50. The first-order chi connectivity index (χ1) is 10.5. The maximum Gasteiger partial charge on any atom is 0.246 e. The molecule has 1 amide bonds. The van der Waals surface area contributed by atoms with Crippen molar-refractivity contribution in [1.29, 1.82) is 5.26 Å². The molecule has 0 radical (unpaired) electrons. The summed E-state index contributed by atoms with van der Waals surface area (Å²) in [5.41, 5.74) is -0.478. The summed E-state index contributed by atoms with van der Waals surface area (Å²) in [5, 5.41) is 12.4. The molecule has 0 aromatic rings. The zero-order valence-corrected chi connectivity index (χ0v) is 13.6. The highest BCUT2D eigenvalue weighted by Crippen LogP contribution is 2.40. The summed E-state index contributed by atoms with van der Waals surface area (Å²) in [7, 11) is 0. The Bertz CT molecular complexity index is 505. The Morgan fingerprint density at radius 1 is 1.23 bits per heavy atom. The molecule has 5 nitrogen and oxygen atoms in total. The van der Waals surface area contributed by atoms with Crippen molar-refractivity contribution in [2.45, 2.75) is 57.9 Å². The number of nitriles is 1. The summed E-state index contributed by atoms with van der Waals surface area (Å²) in [4.78, 5) is 19.7. The van der Waals surface area contributed by atoms with Crippen molar-refractivity contribution >= 4 is 11.9 Å². The first-order valence-corrected chi connectivity index (χ1v) is 8.59. The molecule has 0 aromatic carbocycles. The van der Waals surface area contributed by atoms with E-state index in [0.29, 0.717) is 11.8 Å². The van der Waals surface area contributed by atoms with Gasteiger partial charge in [-0.25, -0.2) is 4.99 Å². The fourth-order valence-electron chi connectivity index (χ4n) is 4.46. The van der Waals surface area contributed by atoms with Gasteiger partial charge in [0.25, 0.3) is 0 Å². The van der Waals surface area contributed by atoms with Gasteiger partial charge in [-0.2, -0.15) is 5.26 Å². The molecule has 1 N–H and O–H groups in total. The Morgan fingerprint density at radius 2 is 1.86 bits per heavy atom. The molecule has 1 aliphatic carbocycles. The number of nitrogens with one attached hydrogen (secondary N) is 1. The predicted molar refractivity (Wildman–Crippen MR) is 85.0 cm³/mol. The Kier molecular flexibility index (Phi) is 4.12. The van der Waals surface area contributed by atoms with Gasteiger partial charge in [0.2, 0.25) is 11.9 Å². The van der Waals surface area contributed by atoms with Crippen LogP contribution in [0.2, 0.25) is 0 Å². The molecule has 3 atom stereocenters. The van der Waals surface area contributed by atoms with E-state index < -0.39 is 11.5 Å². The lowest BCUT2D eigenvalue weighted by Gasteiger charge is -2.44. The zero-order valence-electron chi connectivity index (χ0n) is 13.6. The van der Waals surface area contributed by atoms with Crippen LogP contribution < -0.4 is 5.32 Å². The number of carbonyl (C=O) groups excluding carboxylic acids is 1. The molecule has 1 saturated carbocycles. The number of likely N-dealkylation sites (tertiary alicyclic amines) is 1. The van der Waals surface area contributed by atoms with Crippen molar-refractivity contribution in [3.8, 4) is 6.07 Å². The van der Waals surface area contributed by atoms with E-state index >= 15 is 0 Å². The fraction of sp³-hybridized carbons (Fsp3) is 0.824. The Balaban J connectivity index is 1.91. The highest BCUT2D eigenvalue weighted by Gasteiger charge is 2.48. The average Bonchev–Trinajstić information content (AvgIpc) is 2.47. The molecular formula is C17H26N4O. The topological polar surface area (TPSA) is 68.5 Å².